The van der Waals surface area contributed by atoms with Gasteiger partial charge >= 0.3 is 0 Å². The van der Waals surface area contributed by atoms with Gasteiger partial charge in [0.1, 0.15) is 0 Å². The fourth-order valence-corrected chi connectivity index (χ4v) is 3.00. The Hall–Kier alpha value is -1.30. The molecule has 1 heterocycles. The zero-order valence-corrected chi connectivity index (χ0v) is 13.3. The van der Waals surface area contributed by atoms with E-state index in [1.54, 1.807) is 0 Å². The predicted molar refractivity (Wildman–Crippen MR) is 86.2 cm³/mol. The van der Waals surface area contributed by atoms with E-state index in [2.05, 4.69) is 22.1 Å². The van der Waals surface area contributed by atoms with Crippen LogP contribution in [0, 0.1) is 5.92 Å². The number of amides is 1. The molecule has 0 aliphatic carbocycles. The van der Waals surface area contributed by atoms with E-state index in [9.17, 15) is 4.79 Å². The lowest BCUT2D eigenvalue weighted by molar-refractivity contribution is -0.126. The molecule has 3 N–H and O–H groups in total. The number of nitrogens with zero attached hydrogens (tertiary/aromatic N) is 2. The molecule has 6 heteroatoms. The minimum absolute atomic E-state index is 0.115. The van der Waals surface area contributed by atoms with Gasteiger partial charge < -0.3 is 4.90 Å². The molecule has 2 unspecified atom stereocenters. The summed E-state index contributed by atoms with van der Waals surface area (Å²) in [4.78, 5) is 16.3. The Morgan fingerprint density at radius 2 is 1.86 bits per heavy atom. The highest BCUT2D eigenvalue weighted by Crippen LogP contribution is 2.26. The van der Waals surface area contributed by atoms with Crippen LogP contribution >= 0.6 is 11.6 Å². The third-order valence-electron chi connectivity index (χ3n) is 4.36. The fraction of sp³-hybridized carbons (Fsp3) is 0.533. The number of nitrogens with two attached hydrogens (primary N) is 1. The van der Waals surface area contributed by atoms with Crippen molar-refractivity contribution in [3.8, 4) is 0 Å². The second-order valence-corrected chi connectivity index (χ2v) is 5.92. The first-order valence-electron chi connectivity index (χ1n) is 7.28. The molecule has 0 saturated carbocycles. The van der Waals surface area contributed by atoms with Crippen molar-refractivity contribution in [3.05, 3.63) is 29.3 Å². The molecular weight excluding hydrogens is 288 g/mol. The number of piperazine rings is 1. The SMILES string of the molecule is CC(C(=O)NN)C(C)N1CCN(c2ccccc2Cl)CC1. The molecule has 1 aliphatic rings. The number of anilines is 1. The second-order valence-electron chi connectivity index (χ2n) is 5.51. The van der Waals surface area contributed by atoms with Crippen LogP contribution in [-0.2, 0) is 4.79 Å². The molecular formula is C15H23ClN4O. The Morgan fingerprint density at radius 1 is 1.24 bits per heavy atom. The minimum atomic E-state index is -0.123. The van der Waals surface area contributed by atoms with E-state index < -0.39 is 0 Å². The summed E-state index contributed by atoms with van der Waals surface area (Å²) in [5.41, 5.74) is 3.32. The van der Waals surface area contributed by atoms with Crippen LogP contribution in [0.5, 0.6) is 0 Å². The summed E-state index contributed by atoms with van der Waals surface area (Å²) in [6, 6.07) is 8.08. The summed E-state index contributed by atoms with van der Waals surface area (Å²) in [7, 11) is 0. The Morgan fingerprint density at radius 3 is 2.43 bits per heavy atom. The molecule has 1 aliphatic heterocycles. The van der Waals surface area contributed by atoms with Crippen molar-refractivity contribution in [2.45, 2.75) is 19.9 Å². The van der Waals surface area contributed by atoms with Gasteiger partial charge in [-0.1, -0.05) is 30.7 Å². The van der Waals surface area contributed by atoms with Crippen LogP contribution < -0.4 is 16.2 Å². The summed E-state index contributed by atoms with van der Waals surface area (Å²) in [5, 5.41) is 0.787. The number of carbonyl (C=O) groups excluding carboxylic acids is 1. The van der Waals surface area contributed by atoms with Gasteiger partial charge in [-0.15, -0.1) is 0 Å². The van der Waals surface area contributed by atoms with Gasteiger partial charge in [0.2, 0.25) is 5.91 Å². The molecule has 1 fully saturated rings. The van der Waals surface area contributed by atoms with Crippen molar-refractivity contribution in [2.24, 2.45) is 11.8 Å². The first-order valence-corrected chi connectivity index (χ1v) is 7.66. The lowest BCUT2D eigenvalue weighted by Gasteiger charge is -2.40. The smallest absolute Gasteiger partial charge is 0.238 e. The van der Waals surface area contributed by atoms with Crippen LogP contribution in [0.3, 0.4) is 0 Å². The maximum atomic E-state index is 11.6. The van der Waals surface area contributed by atoms with Gasteiger partial charge in [0.05, 0.1) is 16.6 Å². The molecule has 21 heavy (non-hydrogen) atoms. The molecule has 5 nitrogen and oxygen atoms in total. The van der Waals surface area contributed by atoms with Gasteiger partial charge in [0, 0.05) is 32.2 Å². The molecule has 1 aromatic rings. The summed E-state index contributed by atoms with van der Waals surface area (Å²) < 4.78 is 0. The largest absolute Gasteiger partial charge is 0.368 e. The van der Waals surface area contributed by atoms with Gasteiger partial charge in [-0.2, -0.15) is 0 Å². The Labute approximate surface area is 131 Å². The number of rotatable bonds is 4. The lowest BCUT2D eigenvalue weighted by atomic mass is 10.0. The normalized spacial score (nSPS) is 19.1. The van der Waals surface area contributed by atoms with E-state index in [1.807, 2.05) is 31.2 Å². The number of para-hydroxylation sites is 1. The highest BCUT2D eigenvalue weighted by molar-refractivity contribution is 6.33. The van der Waals surface area contributed by atoms with E-state index in [-0.39, 0.29) is 17.9 Å². The molecule has 1 aromatic carbocycles. The number of carbonyl (C=O) groups is 1. The topological polar surface area (TPSA) is 61.6 Å². The van der Waals surface area contributed by atoms with Crippen LogP contribution in [0.25, 0.3) is 0 Å². The van der Waals surface area contributed by atoms with Crippen molar-refractivity contribution in [1.82, 2.24) is 10.3 Å². The maximum Gasteiger partial charge on any atom is 0.238 e. The Balaban J connectivity index is 1.94. The highest BCUT2D eigenvalue weighted by Gasteiger charge is 2.28. The second kappa shape index (κ2) is 7.11. The third kappa shape index (κ3) is 3.67. The summed E-state index contributed by atoms with van der Waals surface area (Å²) >= 11 is 6.25. The molecule has 2 atom stereocenters. The molecule has 0 bridgehead atoms. The zero-order valence-electron chi connectivity index (χ0n) is 12.6. The number of benzene rings is 1. The van der Waals surface area contributed by atoms with Crippen molar-refractivity contribution < 1.29 is 4.79 Å². The molecule has 0 aromatic heterocycles. The summed E-state index contributed by atoms with van der Waals surface area (Å²) in [5.74, 6) is 4.98. The van der Waals surface area contributed by atoms with E-state index in [0.29, 0.717) is 0 Å². The van der Waals surface area contributed by atoms with Gasteiger partial charge in [0.15, 0.2) is 0 Å². The van der Waals surface area contributed by atoms with Crippen molar-refractivity contribution >= 4 is 23.2 Å². The molecule has 116 valence electrons. The number of hydrogen-bond donors (Lipinski definition) is 2. The monoisotopic (exact) mass is 310 g/mol. The molecule has 1 amide bonds. The molecule has 0 radical (unpaired) electrons. The number of hydrazine groups is 1. The maximum absolute atomic E-state index is 11.6. The lowest BCUT2D eigenvalue weighted by Crippen LogP contribution is -2.53. The summed E-state index contributed by atoms with van der Waals surface area (Å²) in [6.45, 7) is 7.62. The van der Waals surface area contributed by atoms with Gasteiger partial charge in [-0.05, 0) is 19.1 Å². The number of nitrogens with one attached hydrogen (secondary N) is 1. The minimum Gasteiger partial charge on any atom is -0.368 e. The first kappa shape index (κ1) is 16.1. The Bertz CT molecular complexity index is 488. The average molecular weight is 311 g/mol. The van der Waals surface area contributed by atoms with Gasteiger partial charge in [-0.3, -0.25) is 15.1 Å². The predicted octanol–water partition coefficient (Wildman–Crippen LogP) is 1.48. The van der Waals surface area contributed by atoms with Crippen LogP contribution in [0.4, 0.5) is 5.69 Å². The van der Waals surface area contributed by atoms with Crippen molar-refractivity contribution in [2.75, 3.05) is 31.1 Å². The Kier molecular flexibility index (Phi) is 5.45. The number of halogens is 1. The van der Waals surface area contributed by atoms with Crippen LogP contribution in [0.15, 0.2) is 24.3 Å². The third-order valence-corrected chi connectivity index (χ3v) is 4.68. The quantitative estimate of drug-likeness (QED) is 0.502. The van der Waals surface area contributed by atoms with E-state index in [1.165, 1.54) is 0 Å². The van der Waals surface area contributed by atoms with Crippen LogP contribution in [0.2, 0.25) is 5.02 Å². The number of hydrogen-bond acceptors (Lipinski definition) is 4. The van der Waals surface area contributed by atoms with E-state index in [0.717, 1.165) is 36.9 Å². The van der Waals surface area contributed by atoms with E-state index in [4.69, 9.17) is 17.4 Å². The highest BCUT2D eigenvalue weighted by atomic mass is 35.5. The molecule has 2 rings (SSSR count). The standard InChI is InChI=1S/C15H23ClN4O/c1-11(15(21)18-17)12(2)19-7-9-20(10-8-19)14-6-4-3-5-13(14)16/h3-6,11-12H,7-10,17H2,1-2H3,(H,18,21). The fourth-order valence-electron chi connectivity index (χ4n) is 2.75. The van der Waals surface area contributed by atoms with Crippen molar-refractivity contribution in [3.63, 3.8) is 0 Å². The molecule has 0 spiro atoms. The van der Waals surface area contributed by atoms with Gasteiger partial charge in [0.25, 0.3) is 0 Å². The zero-order chi connectivity index (χ0) is 15.4. The van der Waals surface area contributed by atoms with Crippen LogP contribution in [0.1, 0.15) is 13.8 Å². The first-order chi connectivity index (χ1) is 10.0. The summed E-state index contributed by atoms with van der Waals surface area (Å²) in [6.07, 6.45) is 0. The van der Waals surface area contributed by atoms with Crippen LogP contribution in [-0.4, -0.2) is 43.0 Å². The van der Waals surface area contributed by atoms with Gasteiger partial charge in [-0.25, -0.2) is 5.84 Å². The average Bonchev–Trinajstić information content (AvgIpc) is 2.53. The molecule has 1 saturated heterocycles. The van der Waals surface area contributed by atoms with Crippen molar-refractivity contribution in [1.29, 1.82) is 0 Å². The van der Waals surface area contributed by atoms with E-state index >= 15 is 0 Å².